The number of para-hydroxylation sites is 1. The van der Waals surface area contributed by atoms with Crippen LogP contribution < -0.4 is 10.6 Å². The summed E-state index contributed by atoms with van der Waals surface area (Å²) in [5.41, 5.74) is 1.50. The molecule has 2 aromatic carbocycles. The molecule has 0 saturated carbocycles. The number of hydrogen-bond acceptors (Lipinski definition) is 5. The van der Waals surface area contributed by atoms with Gasteiger partial charge < -0.3 is 10.6 Å². The molecule has 0 amide bonds. The van der Waals surface area contributed by atoms with Crippen molar-refractivity contribution in [3.63, 3.8) is 0 Å². The van der Waals surface area contributed by atoms with Crippen LogP contribution in [-0.4, -0.2) is 20.2 Å². The summed E-state index contributed by atoms with van der Waals surface area (Å²) in [4.78, 5) is 8.76. The molecule has 0 aliphatic rings. The lowest BCUT2D eigenvalue weighted by Gasteiger charge is -2.11. The Morgan fingerprint density at radius 3 is 2.62 bits per heavy atom. The third kappa shape index (κ3) is 3.16. The van der Waals surface area contributed by atoms with Crippen LogP contribution >= 0.6 is 0 Å². The molecule has 4 rings (SSSR count). The fourth-order valence-electron chi connectivity index (χ4n) is 2.54. The molecular weight excluding hydrogens is 338 g/mol. The van der Waals surface area contributed by atoms with E-state index in [1.165, 1.54) is 0 Å². The second-order valence-electron chi connectivity index (χ2n) is 5.72. The number of aromatic nitrogens is 4. The smallest absolute Gasteiger partial charge is 0.229 e. The van der Waals surface area contributed by atoms with Crippen molar-refractivity contribution >= 4 is 34.2 Å². The van der Waals surface area contributed by atoms with Crippen molar-refractivity contribution in [3.8, 4) is 0 Å². The van der Waals surface area contributed by atoms with Gasteiger partial charge >= 0.3 is 0 Å². The molecule has 2 aromatic heterocycles. The first-order valence-electron chi connectivity index (χ1n) is 7.86. The van der Waals surface area contributed by atoms with Gasteiger partial charge in [-0.25, -0.2) is 13.8 Å². The van der Waals surface area contributed by atoms with E-state index in [-0.39, 0.29) is 11.6 Å². The summed E-state index contributed by atoms with van der Waals surface area (Å²) >= 11 is 0. The van der Waals surface area contributed by atoms with Gasteiger partial charge in [0.25, 0.3) is 0 Å². The van der Waals surface area contributed by atoms with E-state index in [2.05, 4.69) is 30.8 Å². The minimum atomic E-state index is -0.597. The van der Waals surface area contributed by atoms with Gasteiger partial charge in [-0.1, -0.05) is 12.1 Å². The first-order chi connectivity index (χ1) is 12.6. The predicted molar refractivity (Wildman–Crippen MR) is 95.8 cm³/mol. The molecule has 0 radical (unpaired) electrons. The first-order valence-corrected chi connectivity index (χ1v) is 7.86. The number of hydrogen-bond donors (Lipinski definition) is 3. The molecule has 3 N–H and O–H groups in total. The number of aryl methyl sites for hydroxylation is 1. The molecule has 0 aliphatic heterocycles. The number of rotatable bonds is 4. The summed E-state index contributed by atoms with van der Waals surface area (Å²) in [5, 5.41) is 13.6. The van der Waals surface area contributed by atoms with E-state index in [0.717, 1.165) is 29.3 Å². The van der Waals surface area contributed by atoms with Crippen molar-refractivity contribution in [2.45, 2.75) is 6.92 Å². The van der Waals surface area contributed by atoms with Crippen molar-refractivity contribution in [2.75, 3.05) is 10.6 Å². The van der Waals surface area contributed by atoms with Crippen LogP contribution in [-0.2, 0) is 0 Å². The molecule has 26 heavy (non-hydrogen) atoms. The standard InChI is InChI=1S/C18H14F2N6/c1-10-8-16(26-25-10)23-17-12-4-2-3-5-14(12)21-18(24-17)22-15-9-11(19)6-7-13(15)20/h2-9H,1H3,(H3,21,22,23,24,25,26). The summed E-state index contributed by atoms with van der Waals surface area (Å²) in [7, 11) is 0. The van der Waals surface area contributed by atoms with Crippen molar-refractivity contribution in [1.82, 2.24) is 20.2 Å². The Kier molecular flexibility index (Phi) is 3.92. The Labute approximate surface area is 147 Å². The number of aromatic amines is 1. The van der Waals surface area contributed by atoms with E-state index in [1.54, 1.807) is 0 Å². The van der Waals surface area contributed by atoms with Gasteiger partial charge in [0.05, 0.1) is 11.2 Å². The molecule has 130 valence electrons. The maximum absolute atomic E-state index is 13.9. The summed E-state index contributed by atoms with van der Waals surface area (Å²) in [6, 6.07) is 12.4. The minimum absolute atomic E-state index is 0.0400. The minimum Gasteiger partial charge on any atom is -0.323 e. The van der Waals surface area contributed by atoms with Gasteiger partial charge in [-0.15, -0.1) is 0 Å². The third-order valence-corrected chi connectivity index (χ3v) is 3.73. The number of anilines is 4. The van der Waals surface area contributed by atoms with Crippen LogP contribution in [0.4, 0.5) is 32.1 Å². The zero-order valence-electron chi connectivity index (χ0n) is 13.7. The van der Waals surface area contributed by atoms with Gasteiger partial charge in [-0.3, -0.25) is 5.10 Å². The summed E-state index contributed by atoms with van der Waals surface area (Å²) in [6.45, 7) is 1.88. The average Bonchev–Trinajstić information content (AvgIpc) is 3.03. The molecule has 0 fully saturated rings. The van der Waals surface area contributed by atoms with Crippen LogP contribution in [0.3, 0.4) is 0 Å². The van der Waals surface area contributed by atoms with Crippen molar-refractivity contribution in [3.05, 3.63) is 65.9 Å². The molecule has 2 heterocycles. The summed E-state index contributed by atoms with van der Waals surface area (Å²) in [5.74, 6) is 0.0826. The quantitative estimate of drug-likeness (QED) is 0.506. The van der Waals surface area contributed by atoms with E-state index in [9.17, 15) is 8.78 Å². The molecule has 4 aromatic rings. The lowest BCUT2D eigenvalue weighted by molar-refractivity contribution is 0.603. The van der Waals surface area contributed by atoms with Crippen LogP contribution in [0.2, 0.25) is 0 Å². The van der Waals surface area contributed by atoms with Gasteiger partial charge in [0.2, 0.25) is 5.95 Å². The van der Waals surface area contributed by atoms with Crippen molar-refractivity contribution in [1.29, 1.82) is 0 Å². The first kappa shape index (κ1) is 15.9. The van der Waals surface area contributed by atoms with Crippen LogP contribution in [0.5, 0.6) is 0 Å². The van der Waals surface area contributed by atoms with Gasteiger partial charge in [0.1, 0.15) is 17.5 Å². The number of nitrogens with zero attached hydrogens (tertiary/aromatic N) is 3. The topological polar surface area (TPSA) is 78.5 Å². The monoisotopic (exact) mass is 352 g/mol. The molecule has 0 atom stereocenters. The zero-order valence-corrected chi connectivity index (χ0v) is 13.7. The van der Waals surface area contributed by atoms with Crippen LogP contribution in [0.15, 0.2) is 48.5 Å². The van der Waals surface area contributed by atoms with Crippen molar-refractivity contribution in [2.24, 2.45) is 0 Å². The Morgan fingerprint density at radius 1 is 0.962 bits per heavy atom. The van der Waals surface area contributed by atoms with Gasteiger partial charge in [0, 0.05) is 23.2 Å². The molecular formula is C18H14F2N6. The average molecular weight is 352 g/mol. The normalized spacial score (nSPS) is 10.9. The van der Waals surface area contributed by atoms with Crippen LogP contribution in [0, 0.1) is 18.6 Å². The Morgan fingerprint density at radius 2 is 1.81 bits per heavy atom. The number of H-pyrrole nitrogens is 1. The van der Waals surface area contributed by atoms with E-state index in [0.29, 0.717) is 17.2 Å². The van der Waals surface area contributed by atoms with E-state index >= 15 is 0 Å². The van der Waals surface area contributed by atoms with Gasteiger partial charge in [-0.05, 0) is 31.2 Å². The molecule has 0 spiro atoms. The van der Waals surface area contributed by atoms with Crippen LogP contribution in [0.25, 0.3) is 10.9 Å². The lowest BCUT2D eigenvalue weighted by atomic mass is 10.2. The Hall–Kier alpha value is -3.55. The number of nitrogens with one attached hydrogen (secondary N) is 3. The Bertz CT molecular complexity index is 1090. The maximum Gasteiger partial charge on any atom is 0.229 e. The van der Waals surface area contributed by atoms with Gasteiger partial charge in [-0.2, -0.15) is 10.1 Å². The largest absolute Gasteiger partial charge is 0.323 e. The summed E-state index contributed by atoms with van der Waals surface area (Å²) < 4.78 is 27.3. The molecule has 8 heteroatoms. The number of fused-ring (bicyclic) bond motifs is 1. The second kappa shape index (κ2) is 6.40. The lowest BCUT2D eigenvalue weighted by Crippen LogP contribution is -2.03. The van der Waals surface area contributed by atoms with Crippen molar-refractivity contribution < 1.29 is 8.78 Å². The van der Waals surface area contributed by atoms with E-state index in [1.807, 2.05) is 37.3 Å². The summed E-state index contributed by atoms with van der Waals surface area (Å²) in [6.07, 6.45) is 0. The number of halogens is 2. The second-order valence-corrected chi connectivity index (χ2v) is 5.72. The maximum atomic E-state index is 13.9. The SMILES string of the molecule is Cc1cc(Nc2nc(Nc3cc(F)ccc3F)nc3ccccc23)n[nH]1. The molecule has 0 aliphatic carbocycles. The molecule has 0 unspecified atom stereocenters. The highest BCUT2D eigenvalue weighted by Crippen LogP contribution is 2.26. The zero-order chi connectivity index (χ0) is 18.1. The highest BCUT2D eigenvalue weighted by atomic mass is 19.1. The fourth-order valence-corrected chi connectivity index (χ4v) is 2.54. The highest BCUT2D eigenvalue weighted by molar-refractivity contribution is 5.91. The fraction of sp³-hybridized carbons (Fsp3) is 0.0556. The number of benzene rings is 2. The van der Waals surface area contributed by atoms with E-state index in [4.69, 9.17) is 0 Å². The molecule has 0 saturated heterocycles. The molecule has 6 nitrogen and oxygen atoms in total. The molecule has 0 bridgehead atoms. The predicted octanol–water partition coefficient (Wildman–Crippen LogP) is 4.43. The highest BCUT2D eigenvalue weighted by Gasteiger charge is 2.11. The van der Waals surface area contributed by atoms with E-state index < -0.39 is 11.6 Å². The van der Waals surface area contributed by atoms with Crippen LogP contribution in [0.1, 0.15) is 5.69 Å². The Balaban J connectivity index is 1.77. The van der Waals surface area contributed by atoms with Gasteiger partial charge in [0.15, 0.2) is 5.82 Å². The third-order valence-electron chi connectivity index (χ3n) is 3.73.